The van der Waals surface area contributed by atoms with Crippen molar-refractivity contribution >= 4 is 33.0 Å². The predicted molar refractivity (Wildman–Crippen MR) is 130 cm³/mol. The predicted octanol–water partition coefficient (Wildman–Crippen LogP) is 7.44. The Hall–Kier alpha value is -2.59. The van der Waals surface area contributed by atoms with Gasteiger partial charge in [0.1, 0.15) is 0 Å². The van der Waals surface area contributed by atoms with Crippen molar-refractivity contribution in [1.29, 1.82) is 0 Å². The Morgan fingerprint density at radius 3 is 1.00 bits per heavy atom. The number of hydrogen-bond acceptors (Lipinski definition) is 2. The standard InChI is InChI=1S/C26H20Cl2O2S/c27-25-13-9-23(10-14-25)21-5-1-19(2-6-21)17-31(29,30)18-20-3-7-22(8-4-20)24-11-15-26(28)16-12-24/h1-16H,17-18H2. The van der Waals surface area contributed by atoms with Crippen molar-refractivity contribution in [2.45, 2.75) is 11.5 Å². The molecule has 4 aromatic rings. The zero-order valence-electron chi connectivity index (χ0n) is 16.6. The Morgan fingerprint density at radius 1 is 0.452 bits per heavy atom. The zero-order chi connectivity index (χ0) is 21.8. The van der Waals surface area contributed by atoms with Crippen LogP contribution in [0.15, 0.2) is 97.1 Å². The second kappa shape index (κ2) is 9.27. The summed E-state index contributed by atoms with van der Waals surface area (Å²) in [5.74, 6) is 0.0136. The van der Waals surface area contributed by atoms with Crippen molar-refractivity contribution in [3.05, 3.63) is 118 Å². The van der Waals surface area contributed by atoms with Gasteiger partial charge in [-0.3, -0.25) is 0 Å². The van der Waals surface area contributed by atoms with Crippen LogP contribution < -0.4 is 0 Å². The number of rotatable bonds is 6. The highest BCUT2D eigenvalue weighted by Crippen LogP contribution is 2.24. The lowest BCUT2D eigenvalue weighted by atomic mass is 10.0. The highest BCUT2D eigenvalue weighted by molar-refractivity contribution is 7.89. The fourth-order valence-electron chi connectivity index (χ4n) is 3.43. The van der Waals surface area contributed by atoms with E-state index in [0.717, 1.165) is 33.4 Å². The first-order chi connectivity index (χ1) is 14.9. The molecule has 0 saturated heterocycles. The molecule has 0 unspecified atom stereocenters. The first kappa shape index (κ1) is 21.6. The molecule has 0 atom stereocenters. The average Bonchev–Trinajstić information content (AvgIpc) is 2.76. The maximum atomic E-state index is 12.7. The second-order valence-corrected chi connectivity index (χ2v) is 10.4. The van der Waals surface area contributed by atoms with Crippen LogP contribution in [-0.4, -0.2) is 8.42 Å². The van der Waals surface area contributed by atoms with Crippen molar-refractivity contribution in [2.24, 2.45) is 0 Å². The molecular formula is C26H20Cl2O2S. The zero-order valence-corrected chi connectivity index (χ0v) is 19.0. The molecule has 0 radical (unpaired) electrons. The highest BCUT2D eigenvalue weighted by Gasteiger charge is 2.14. The van der Waals surface area contributed by atoms with Gasteiger partial charge in [-0.2, -0.15) is 0 Å². The van der Waals surface area contributed by atoms with Gasteiger partial charge in [-0.15, -0.1) is 0 Å². The molecular weight excluding hydrogens is 447 g/mol. The van der Waals surface area contributed by atoms with Gasteiger partial charge >= 0.3 is 0 Å². The summed E-state index contributed by atoms with van der Waals surface area (Å²) < 4.78 is 25.4. The van der Waals surface area contributed by atoms with Crippen LogP contribution in [0.25, 0.3) is 22.3 Å². The largest absolute Gasteiger partial charge is 0.228 e. The Morgan fingerprint density at radius 2 is 0.710 bits per heavy atom. The van der Waals surface area contributed by atoms with Gasteiger partial charge in [-0.05, 0) is 57.6 Å². The summed E-state index contributed by atoms with van der Waals surface area (Å²) >= 11 is 11.9. The molecule has 0 saturated carbocycles. The van der Waals surface area contributed by atoms with Crippen LogP contribution in [0.2, 0.25) is 10.0 Å². The van der Waals surface area contributed by atoms with Crippen LogP contribution in [0.3, 0.4) is 0 Å². The van der Waals surface area contributed by atoms with Crippen molar-refractivity contribution in [3.8, 4) is 22.3 Å². The average molecular weight is 467 g/mol. The third-order valence-corrected chi connectivity index (χ3v) is 7.09. The summed E-state index contributed by atoms with van der Waals surface area (Å²) in [5.41, 5.74) is 5.68. The monoisotopic (exact) mass is 466 g/mol. The van der Waals surface area contributed by atoms with Gasteiger partial charge < -0.3 is 0 Å². The van der Waals surface area contributed by atoms with E-state index in [2.05, 4.69) is 0 Å². The molecule has 5 heteroatoms. The molecule has 31 heavy (non-hydrogen) atoms. The lowest BCUT2D eigenvalue weighted by Crippen LogP contribution is -2.07. The minimum atomic E-state index is -3.29. The second-order valence-electron chi connectivity index (χ2n) is 7.44. The first-order valence-electron chi connectivity index (χ1n) is 9.78. The van der Waals surface area contributed by atoms with E-state index in [9.17, 15) is 8.42 Å². The summed E-state index contributed by atoms with van der Waals surface area (Å²) in [4.78, 5) is 0. The van der Waals surface area contributed by atoms with E-state index in [0.29, 0.717) is 10.0 Å². The number of halogens is 2. The van der Waals surface area contributed by atoms with Crippen LogP contribution in [0.5, 0.6) is 0 Å². The Labute approximate surface area is 193 Å². The first-order valence-corrected chi connectivity index (χ1v) is 12.4. The quantitative estimate of drug-likeness (QED) is 0.295. The fourth-order valence-corrected chi connectivity index (χ4v) is 5.19. The highest BCUT2D eigenvalue weighted by atomic mass is 35.5. The van der Waals surface area contributed by atoms with Crippen molar-refractivity contribution in [2.75, 3.05) is 0 Å². The van der Waals surface area contributed by atoms with E-state index < -0.39 is 9.84 Å². The topological polar surface area (TPSA) is 34.1 Å². The maximum absolute atomic E-state index is 12.7. The van der Waals surface area contributed by atoms with Crippen molar-refractivity contribution < 1.29 is 8.42 Å². The van der Waals surface area contributed by atoms with Gasteiger partial charge in [0, 0.05) is 10.0 Å². The molecule has 0 fully saturated rings. The van der Waals surface area contributed by atoms with E-state index in [1.807, 2.05) is 97.1 Å². The SMILES string of the molecule is O=S(=O)(Cc1ccc(-c2ccc(Cl)cc2)cc1)Cc1ccc(-c2ccc(Cl)cc2)cc1. The van der Waals surface area contributed by atoms with E-state index in [4.69, 9.17) is 23.2 Å². The molecule has 0 aromatic heterocycles. The van der Waals surface area contributed by atoms with Crippen LogP contribution >= 0.6 is 23.2 Å². The molecule has 0 spiro atoms. The van der Waals surface area contributed by atoms with Gasteiger partial charge in [0.2, 0.25) is 0 Å². The molecule has 0 bridgehead atoms. The summed E-state index contributed by atoms with van der Waals surface area (Å²) in [5, 5.41) is 1.38. The van der Waals surface area contributed by atoms with E-state index in [1.165, 1.54) is 0 Å². The summed E-state index contributed by atoms with van der Waals surface area (Å²) in [7, 11) is -3.29. The fraction of sp³-hybridized carbons (Fsp3) is 0.0769. The molecule has 0 heterocycles. The van der Waals surface area contributed by atoms with Gasteiger partial charge in [0.25, 0.3) is 0 Å². The molecule has 0 amide bonds. The molecule has 0 N–H and O–H groups in total. The molecule has 0 aliphatic heterocycles. The number of benzene rings is 4. The molecule has 4 rings (SSSR count). The summed E-state index contributed by atoms with van der Waals surface area (Å²) in [6.45, 7) is 0. The minimum absolute atomic E-state index is 0.00678. The molecule has 0 aliphatic carbocycles. The van der Waals surface area contributed by atoms with Crippen LogP contribution in [0.4, 0.5) is 0 Å². The minimum Gasteiger partial charge on any atom is -0.228 e. The third kappa shape index (κ3) is 5.76. The third-order valence-electron chi connectivity index (χ3n) is 5.04. The maximum Gasteiger partial charge on any atom is 0.158 e. The van der Waals surface area contributed by atoms with Crippen LogP contribution in [-0.2, 0) is 21.3 Å². The summed E-state index contributed by atoms with van der Waals surface area (Å²) in [6.07, 6.45) is 0. The molecule has 0 aliphatic rings. The van der Waals surface area contributed by atoms with Gasteiger partial charge in [-0.25, -0.2) is 8.42 Å². The van der Waals surface area contributed by atoms with Crippen molar-refractivity contribution in [1.82, 2.24) is 0 Å². The molecule has 156 valence electrons. The molecule has 4 aromatic carbocycles. The van der Waals surface area contributed by atoms with E-state index in [1.54, 1.807) is 0 Å². The van der Waals surface area contributed by atoms with Crippen molar-refractivity contribution in [3.63, 3.8) is 0 Å². The lowest BCUT2D eigenvalue weighted by Gasteiger charge is -2.08. The number of hydrogen-bond donors (Lipinski definition) is 0. The van der Waals surface area contributed by atoms with Crippen LogP contribution in [0.1, 0.15) is 11.1 Å². The summed E-state index contributed by atoms with van der Waals surface area (Å²) in [6, 6.07) is 30.4. The van der Waals surface area contributed by atoms with Crippen LogP contribution in [0, 0.1) is 0 Å². The van der Waals surface area contributed by atoms with Gasteiger partial charge in [0.15, 0.2) is 9.84 Å². The molecule has 2 nitrogen and oxygen atoms in total. The Balaban J connectivity index is 1.43. The number of sulfone groups is 1. The van der Waals surface area contributed by atoms with E-state index in [-0.39, 0.29) is 11.5 Å². The normalized spacial score (nSPS) is 11.4. The van der Waals surface area contributed by atoms with Gasteiger partial charge in [-0.1, -0.05) is 96.0 Å². The van der Waals surface area contributed by atoms with Gasteiger partial charge in [0.05, 0.1) is 11.5 Å². The Kier molecular flexibility index (Phi) is 6.47. The lowest BCUT2D eigenvalue weighted by molar-refractivity contribution is 0.594. The Bertz CT molecular complexity index is 1160. The smallest absolute Gasteiger partial charge is 0.158 e. The van der Waals surface area contributed by atoms with E-state index >= 15 is 0 Å².